The number of benzene rings is 1. The predicted molar refractivity (Wildman–Crippen MR) is 116 cm³/mol. The molecule has 0 spiro atoms. The Labute approximate surface area is 171 Å². The molecule has 0 bridgehead atoms. The second kappa shape index (κ2) is 9.09. The lowest BCUT2D eigenvalue weighted by Crippen LogP contribution is -2.42. The molecule has 3 heterocycles. The summed E-state index contributed by atoms with van der Waals surface area (Å²) in [7, 11) is 0. The number of pyridine rings is 1. The number of fused-ring (bicyclic) bond motifs is 1. The fraction of sp³-hybridized carbons (Fsp3) is 0.391. The summed E-state index contributed by atoms with van der Waals surface area (Å²) in [6, 6.07) is 15.1. The van der Waals surface area contributed by atoms with E-state index in [9.17, 15) is 4.79 Å². The van der Waals surface area contributed by atoms with E-state index in [0.29, 0.717) is 12.6 Å². The first-order valence-electron chi connectivity index (χ1n) is 10.4. The zero-order valence-corrected chi connectivity index (χ0v) is 17.0. The molecule has 1 aliphatic heterocycles. The van der Waals surface area contributed by atoms with Crippen LogP contribution in [0.1, 0.15) is 24.5 Å². The maximum atomic E-state index is 12.7. The van der Waals surface area contributed by atoms with Gasteiger partial charge in [0.05, 0.1) is 0 Å². The van der Waals surface area contributed by atoms with Gasteiger partial charge in [-0.25, -0.2) is 9.78 Å². The third-order valence-corrected chi connectivity index (χ3v) is 5.82. The van der Waals surface area contributed by atoms with Gasteiger partial charge in [0.25, 0.3) is 0 Å². The molecule has 0 aliphatic carbocycles. The number of urea groups is 1. The molecule has 1 atom stereocenters. The monoisotopic (exact) mass is 391 g/mol. The fourth-order valence-electron chi connectivity index (χ4n) is 4.00. The van der Waals surface area contributed by atoms with Crippen molar-refractivity contribution in [2.45, 2.75) is 32.4 Å². The van der Waals surface area contributed by atoms with E-state index < -0.39 is 0 Å². The first kappa shape index (κ1) is 19.5. The van der Waals surface area contributed by atoms with Gasteiger partial charge in [-0.15, -0.1) is 0 Å². The summed E-state index contributed by atoms with van der Waals surface area (Å²) in [5, 5.41) is 4.22. The fourth-order valence-corrected chi connectivity index (χ4v) is 4.00. The van der Waals surface area contributed by atoms with E-state index >= 15 is 0 Å². The van der Waals surface area contributed by atoms with Crippen LogP contribution < -0.4 is 5.32 Å². The lowest BCUT2D eigenvalue weighted by atomic mass is 10.1. The minimum Gasteiger partial charge on any atom is -0.346 e. The summed E-state index contributed by atoms with van der Waals surface area (Å²) in [6.45, 7) is 6.29. The van der Waals surface area contributed by atoms with Gasteiger partial charge in [0.1, 0.15) is 5.65 Å². The van der Waals surface area contributed by atoms with E-state index in [2.05, 4.69) is 57.4 Å². The van der Waals surface area contributed by atoms with Gasteiger partial charge in [0, 0.05) is 56.5 Å². The maximum absolute atomic E-state index is 12.7. The molecule has 2 amide bonds. The lowest BCUT2D eigenvalue weighted by Gasteiger charge is -2.26. The smallest absolute Gasteiger partial charge is 0.317 e. The van der Waals surface area contributed by atoms with Crippen molar-refractivity contribution >= 4 is 17.1 Å². The highest BCUT2D eigenvalue weighted by Gasteiger charge is 2.23. The van der Waals surface area contributed by atoms with Gasteiger partial charge in [-0.2, -0.15) is 0 Å². The Morgan fingerprint density at radius 1 is 1.17 bits per heavy atom. The number of rotatable bonds is 5. The van der Waals surface area contributed by atoms with Gasteiger partial charge in [-0.1, -0.05) is 30.3 Å². The van der Waals surface area contributed by atoms with Crippen LogP contribution in [0.5, 0.6) is 0 Å². The number of hydrogen-bond acceptors (Lipinski definition) is 3. The van der Waals surface area contributed by atoms with E-state index in [1.807, 2.05) is 23.2 Å². The van der Waals surface area contributed by atoms with Crippen molar-refractivity contribution in [3.8, 4) is 0 Å². The molecule has 2 N–H and O–H groups in total. The molecule has 1 unspecified atom stereocenters. The van der Waals surface area contributed by atoms with Crippen LogP contribution in [-0.4, -0.2) is 58.0 Å². The summed E-state index contributed by atoms with van der Waals surface area (Å²) < 4.78 is 0. The molecule has 29 heavy (non-hydrogen) atoms. The van der Waals surface area contributed by atoms with Crippen LogP contribution in [0.4, 0.5) is 4.79 Å². The summed E-state index contributed by atoms with van der Waals surface area (Å²) in [6.07, 6.45) is 5.56. The SMILES string of the molecule is CC1CCN(C(=O)NCCc2c[nH]c3ncccc23)CCN1Cc1ccccc1. The number of aromatic nitrogens is 2. The molecular weight excluding hydrogens is 362 g/mol. The lowest BCUT2D eigenvalue weighted by molar-refractivity contribution is 0.193. The average molecular weight is 392 g/mol. The molecule has 6 nitrogen and oxygen atoms in total. The highest BCUT2D eigenvalue weighted by atomic mass is 16.2. The molecule has 0 radical (unpaired) electrons. The molecule has 1 fully saturated rings. The maximum Gasteiger partial charge on any atom is 0.317 e. The molecular formula is C23H29N5O. The molecule has 1 aromatic carbocycles. The number of nitrogens with zero attached hydrogens (tertiary/aromatic N) is 3. The molecule has 1 saturated heterocycles. The van der Waals surface area contributed by atoms with Crippen LogP contribution in [0.25, 0.3) is 11.0 Å². The molecule has 3 aromatic rings. The molecule has 0 saturated carbocycles. The first-order valence-corrected chi connectivity index (χ1v) is 10.4. The van der Waals surface area contributed by atoms with E-state index in [0.717, 1.165) is 50.1 Å². The van der Waals surface area contributed by atoms with Crippen molar-refractivity contribution in [1.82, 2.24) is 25.1 Å². The summed E-state index contributed by atoms with van der Waals surface area (Å²) >= 11 is 0. The van der Waals surface area contributed by atoms with Crippen LogP contribution in [0, 0.1) is 0 Å². The van der Waals surface area contributed by atoms with Crippen molar-refractivity contribution in [3.63, 3.8) is 0 Å². The van der Waals surface area contributed by atoms with Gasteiger partial charge in [-0.3, -0.25) is 4.90 Å². The summed E-state index contributed by atoms with van der Waals surface area (Å²) in [5.74, 6) is 0. The highest BCUT2D eigenvalue weighted by Crippen LogP contribution is 2.16. The third kappa shape index (κ3) is 4.77. The summed E-state index contributed by atoms with van der Waals surface area (Å²) in [4.78, 5) is 24.6. The van der Waals surface area contributed by atoms with Crippen molar-refractivity contribution < 1.29 is 4.79 Å². The Bertz CT molecular complexity index is 939. The van der Waals surface area contributed by atoms with Crippen LogP contribution >= 0.6 is 0 Å². The molecule has 6 heteroatoms. The van der Waals surface area contributed by atoms with E-state index in [1.165, 1.54) is 11.1 Å². The average Bonchev–Trinajstić information content (AvgIpc) is 3.07. The Morgan fingerprint density at radius 2 is 2.03 bits per heavy atom. The van der Waals surface area contributed by atoms with Crippen molar-refractivity contribution in [3.05, 3.63) is 66.0 Å². The standard InChI is InChI=1S/C23H29N5O/c1-18-10-13-27(14-15-28(18)17-19-6-3-2-4-7-19)23(29)25-12-9-20-16-26-22-21(20)8-5-11-24-22/h2-8,11,16,18H,9-10,12-15,17H2,1H3,(H,24,26)(H,25,29). The minimum atomic E-state index is 0.0386. The number of carbonyl (C=O) groups excluding carboxylic acids is 1. The predicted octanol–water partition coefficient (Wildman–Crippen LogP) is 3.41. The van der Waals surface area contributed by atoms with Crippen molar-refractivity contribution in [1.29, 1.82) is 0 Å². The zero-order chi connectivity index (χ0) is 20.1. The number of H-pyrrole nitrogens is 1. The van der Waals surface area contributed by atoms with Crippen LogP contribution in [0.3, 0.4) is 0 Å². The van der Waals surface area contributed by atoms with E-state index in [-0.39, 0.29) is 6.03 Å². The first-order chi connectivity index (χ1) is 14.2. The van der Waals surface area contributed by atoms with E-state index in [4.69, 9.17) is 0 Å². The van der Waals surface area contributed by atoms with Gasteiger partial charge in [0.15, 0.2) is 0 Å². The van der Waals surface area contributed by atoms with Crippen molar-refractivity contribution in [2.24, 2.45) is 0 Å². The number of nitrogens with one attached hydrogen (secondary N) is 2. The minimum absolute atomic E-state index is 0.0386. The Kier molecular flexibility index (Phi) is 6.10. The largest absolute Gasteiger partial charge is 0.346 e. The number of hydrogen-bond donors (Lipinski definition) is 2. The summed E-state index contributed by atoms with van der Waals surface area (Å²) in [5.41, 5.74) is 3.41. The van der Waals surface area contributed by atoms with Crippen molar-refractivity contribution in [2.75, 3.05) is 26.2 Å². The van der Waals surface area contributed by atoms with Gasteiger partial charge in [-0.05, 0) is 43.0 Å². The van der Waals surface area contributed by atoms with Crippen LogP contribution in [0.15, 0.2) is 54.9 Å². The third-order valence-electron chi connectivity index (χ3n) is 5.82. The van der Waals surface area contributed by atoms with Gasteiger partial charge < -0.3 is 15.2 Å². The Balaban J connectivity index is 1.28. The van der Waals surface area contributed by atoms with Gasteiger partial charge >= 0.3 is 6.03 Å². The topological polar surface area (TPSA) is 64.3 Å². The Morgan fingerprint density at radius 3 is 2.90 bits per heavy atom. The molecule has 4 rings (SSSR count). The quantitative estimate of drug-likeness (QED) is 0.701. The number of amides is 2. The molecule has 152 valence electrons. The molecule has 1 aliphatic rings. The Hall–Kier alpha value is -2.86. The highest BCUT2D eigenvalue weighted by molar-refractivity contribution is 5.79. The van der Waals surface area contributed by atoms with Gasteiger partial charge in [0.2, 0.25) is 0 Å². The second-order valence-corrected chi connectivity index (χ2v) is 7.78. The normalized spacial score (nSPS) is 18.0. The zero-order valence-electron chi connectivity index (χ0n) is 17.0. The van der Waals surface area contributed by atoms with Crippen LogP contribution in [-0.2, 0) is 13.0 Å². The number of carbonyl (C=O) groups is 1. The van der Waals surface area contributed by atoms with E-state index in [1.54, 1.807) is 6.20 Å². The van der Waals surface area contributed by atoms with Crippen LogP contribution in [0.2, 0.25) is 0 Å². The number of aromatic amines is 1. The second-order valence-electron chi connectivity index (χ2n) is 7.78. The molecule has 2 aromatic heterocycles.